The van der Waals surface area contributed by atoms with Crippen molar-refractivity contribution in [2.45, 2.75) is 43.9 Å². The smallest absolute Gasteiger partial charge is 0.134 e. The molecule has 2 heteroatoms. The van der Waals surface area contributed by atoms with Crippen LogP contribution in [0, 0.1) is 17.8 Å². The predicted molar refractivity (Wildman–Crippen MR) is 61.9 cm³/mol. The number of hydrogen-bond acceptors (Lipinski definition) is 2. The van der Waals surface area contributed by atoms with Crippen molar-refractivity contribution in [1.82, 2.24) is 9.97 Å². The van der Waals surface area contributed by atoms with Gasteiger partial charge in [-0.3, -0.25) is 0 Å². The maximum Gasteiger partial charge on any atom is 0.134 e. The summed E-state index contributed by atoms with van der Waals surface area (Å²) in [6, 6.07) is 1.93. The second-order valence-electron chi connectivity index (χ2n) is 6.27. The van der Waals surface area contributed by atoms with Crippen LogP contribution in [0.15, 0.2) is 18.5 Å². The molecule has 4 aliphatic rings. The maximum absolute atomic E-state index is 4.56. The molecule has 4 fully saturated rings. The molecule has 4 aliphatic carbocycles. The summed E-state index contributed by atoms with van der Waals surface area (Å²) in [5.41, 5.74) is 0.371. The van der Waals surface area contributed by atoms with Crippen LogP contribution in [-0.4, -0.2) is 9.97 Å². The third kappa shape index (κ3) is 1.19. The van der Waals surface area contributed by atoms with Crippen molar-refractivity contribution in [3.05, 3.63) is 24.3 Å². The molecule has 1 aromatic rings. The summed E-state index contributed by atoms with van der Waals surface area (Å²) >= 11 is 0. The Labute approximate surface area is 96.5 Å². The van der Waals surface area contributed by atoms with Crippen molar-refractivity contribution in [2.75, 3.05) is 0 Å². The molecule has 1 aromatic heterocycles. The van der Waals surface area contributed by atoms with E-state index in [2.05, 4.69) is 9.97 Å². The minimum Gasteiger partial charge on any atom is -0.241 e. The number of aromatic nitrogens is 2. The van der Waals surface area contributed by atoms with Crippen LogP contribution < -0.4 is 0 Å². The van der Waals surface area contributed by atoms with Gasteiger partial charge in [-0.1, -0.05) is 0 Å². The first-order valence-electron chi connectivity index (χ1n) is 6.62. The molecule has 0 aromatic carbocycles. The van der Waals surface area contributed by atoms with E-state index in [1.54, 1.807) is 0 Å². The molecule has 0 atom stereocenters. The average Bonchev–Trinajstić information content (AvgIpc) is 2.28. The first-order chi connectivity index (χ1) is 7.84. The Hall–Kier alpha value is -0.920. The van der Waals surface area contributed by atoms with Gasteiger partial charge in [0.05, 0.1) is 0 Å². The van der Waals surface area contributed by atoms with Crippen molar-refractivity contribution < 1.29 is 0 Å². The summed E-state index contributed by atoms with van der Waals surface area (Å²) < 4.78 is 0. The fraction of sp³-hybridized carbons (Fsp3) is 0.714. The largest absolute Gasteiger partial charge is 0.241 e. The van der Waals surface area contributed by atoms with E-state index in [0.717, 1.165) is 23.6 Å². The summed E-state index contributed by atoms with van der Waals surface area (Å²) in [5, 5.41) is 0. The molecular formula is C14H18N2. The molecule has 0 aliphatic heterocycles. The molecule has 0 unspecified atom stereocenters. The van der Waals surface area contributed by atoms with E-state index in [-0.39, 0.29) is 0 Å². The van der Waals surface area contributed by atoms with Gasteiger partial charge in [-0.25, -0.2) is 9.97 Å². The molecular weight excluding hydrogens is 196 g/mol. The standard InChI is InChI=1S/C14H18N2/c1-2-15-13(16-3-1)14-7-10-4-11(8-14)6-12(5-10)9-14/h1-3,10-12H,4-9H2. The predicted octanol–water partition coefficient (Wildman–Crippen LogP) is 2.94. The van der Waals surface area contributed by atoms with E-state index in [1.807, 2.05) is 18.5 Å². The van der Waals surface area contributed by atoms with E-state index < -0.39 is 0 Å². The Balaban J connectivity index is 1.77. The SMILES string of the molecule is c1cnc(C23CC4CC(CC(C4)C2)C3)nc1. The first-order valence-corrected chi connectivity index (χ1v) is 6.62. The van der Waals surface area contributed by atoms with Gasteiger partial charge in [0, 0.05) is 17.8 Å². The Morgan fingerprint density at radius 1 is 0.875 bits per heavy atom. The highest BCUT2D eigenvalue weighted by molar-refractivity contribution is 5.16. The van der Waals surface area contributed by atoms with E-state index in [4.69, 9.17) is 0 Å². The molecule has 0 amide bonds. The molecule has 0 radical (unpaired) electrons. The van der Waals surface area contributed by atoms with Crippen molar-refractivity contribution in [3.63, 3.8) is 0 Å². The zero-order valence-electron chi connectivity index (χ0n) is 9.60. The second kappa shape index (κ2) is 3.06. The Morgan fingerprint density at radius 2 is 1.38 bits per heavy atom. The molecule has 0 spiro atoms. The highest BCUT2D eigenvalue weighted by Crippen LogP contribution is 2.59. The lowest BCUT2D eigenvalue weighted by molar-refractivity contribution is -0.00940. The van der Waals surface area contributed by atoms with Gasteiger partial charge < -0.3 is 0 Å². The minimum atomic E-state index is 0.371. The van der Waals surface area contributed by atoms with E-state index in [9.17, 15) is 0 Å². The molecule has 2 nitrogen and oxygen atoms in total. The van der Waals surface area contributed by atoms with Gasteiger partial charge in [-0.05, 0) is 62.3 Å². The number of rotatable bonds is 1. The van der Waals surface area contributed by atoms with Crippen LogP contribution in [0.4, 0.5) is 0 Å². The van der Waals surface area contributed by atoms with Crippen molar-refractivity contribution in [3.8, 4) is 0 Å². The average molecular weight is 214 g/mol. The zero-order valence-corrected chi connectivity index (χ0v) is 9.60. The third-order valence-electron chi connectivity index (χ3n) is 5.08. The van der Waals surface area contributed by atoms with Gasteiger partial charge >= 0.3 is 0 Å². The quantitative estimate of drug-likeness (QED) is 0.718. The van der Waals surface area contributed by atoms with Crippen LogP contribution in [0.25, 0.3) is 0 Å². The van der Waals surface area contributed by atoms with Crippen LogP contribution in [0.3, 0.4) is 0 Å². The van der Waals surface area contributed by atoms with Crippen molar-refractivity contribution >= 4 is 0 Å². The molecule has 5 rings (SSSR count). The van der Waals surface area contributed by atoms with Crippen LogP contribution in [0.2, 0.25) is 0 Å². The monoisotopic (exact) mass is 214 g/mol. The zero-order chi connectivity index (χ0) is 10.6. The molecule has 0 N–H and O–H groups in total. The van der Waals surface area contributed by atoms with Crippen LogP contribution in [-0.2, 0) is 5.41 Å². The van der Waals surface area contributed by atoms with E-state index in [0.29, 0.717) is 5.41 Å². The third-order valence-corrected chi connectivity index (χ3v) is 5.08. The summed E-state index contributed by atoms with van der Waals surface area (Å²) in [7, 11) is 0. The normalized spacial score (nSPS) is 44.9. The number of nitrogens with zero attached hydrogens (tertiary/aromatic N) is 2. The summed E-state index contributed by atoms with van der Waals surface area (Å²) in [6.45, 7) is 0. The Morgan fingerprint density at radius 3 is 1.88 bits per heavy atom. The van der Waals surface area contributed by atoms with Crippen LogP contribution >= 0.6 is 0 Å². The Kier molecular flexibility index (Phi) is 1.75. The van der Waals surface area contributed by atoms with Crippen LogP contribution in [0.1, 0.15) is 44.3 Å². The summed E-state index contributed by atoms with van der Waals surface area (Å²) in [4.78, 5) is 9.12. The molecule has 0 saturated heterocycles. The molecule has 16 heavy (non-hydrogen) atoms. The summed E-state index contributed by atoms with van der Waals surface area (Å²) in [5.74, 6) is 4.09. The molecule has 1 heterocycles. The van der Waals surface area contributed by atoms with Gasteiger partial charge in [0.1, 0.15) is 5.82 Å². The van der Waals surface area contributed by atoms with E-state index in [1.165, 1.54) is 38.5 Å². The fourth-order valence-corrected chi connectivity index (χ4v) is 4.96. The highest BCUT2D eigenvalue weighted by Gasteiger charge is 2.52. The van der Waals surface area contributed by atoms with Crippen LogP contribution in [0.5, 0.6) is 0 Å². The Bertz CT molecular complexity index is 363. The lowest BCUT2D eigenvalue weighted by atomic mass is 9.49. The summed E-state index contributed by atoms with van der Waals surface area (Å²) in [6.07, 6.45) is 12.4. The minimum absolute atomic E-state index is 0.371. The van der Waals surface area contributed by atoms with Crippen molar-refractivity contribution in [2.24, 2.45) is 17.8 Å². The molecule has 4 saturated carbocycles. The molecule has 84 valence electrons. The van der Waals surface area contributed by atoms with Gasteiger partial charge in [-0.15, -0.1) is 0 Å². The van der Waals surface area contributed by atoms with Crippen molar-refractivity contribution in [1.29, 1.82) is 0 Å². The topological polar surface area (TPSA) is 25.8 Å². The van der Waals surface area contributed by atoms with Gasteiger partial charge in [0.2, 0.25) is 0 Å². The lowest BCUT2D eigenvalue weighted by Gasteiger charge is -2.55. The maximum atomic E-state index is 4.56. The second-order valence-corrected chi connectivity index (χ2v) is 6.27. The molecule has 4 bridgehead atoms. The fourth-order valence-electron chi connectivity index (χ4n) is 4.96. The lowest BCUT2D eigenvalue weighted by Crippen LogP contribution is -2.49. The highest BCUT2D eigenvalue weighted by atomic mass is 14.9. The van der Waals surface area contributed by atoms with Gasteiger partial charge in [-0.2, -0.15) is 0 Å². The van der Waals surface area contributed by atoms with Gasteiger partial charge in [0.15, 0.2) is 0 Å². The van der Waals surface area contributed by atoms with Gasteiger partial charge in [0.25, 0.3) is 0 Å². The first kappa shape index (κ1) is 9.15. The number of hydrogen-bond donors (Lipinski definition) is 0. The van der Waals surface area contributed by atoms with E-state index >= 15 is 0 Å².